The Bertz CT molecular complexity index is 1280. The lowest BCUT2D eigenvalue weighted by Crippen LogP contribution is -2.58. The van der Waals surface area contributed by atoms with Crippen molar-refractivity contribution < 1.29 is 50.6 Å². The summed E-state index contributed by atoms with van der Waals surface area (Å²) in [5.41, 5.74) is -0.494. The fourth-order valence-electron chi connectivity index (χ4n) is 5.16. The van der Waals surface area contributed by atoms with Crippen LogP contribution >= 0.6 is 0 Å². The average molecular weight is 608 g/mol. The van der Waals surface area contributed by atoms with Crippen molar-refractivity contribution in [1.29, 1.82) is 0 Å². The number of imide groups is 1. The monoisotopic (exact) mass is 607 g/mol. The van der Waals surface area contributed by atoms with Gasteiger partial charge in [-0.3, -0.25) is 24.6 Å². The first-order valence-electron chi connectivity index (χ1n) is 12.8. The highest BCUT2D eigenvalue weighted by Crippen LogP contribution is 2.45. The number of hydrogen-bond acceptors (Lipinski definition) is 8. The minimum atomic E-state index is -5.08. The number of benzene rings is 1. The number of aliphatic carboxylic acids is 1. The molecule has 2 aliphatic rings. The van der Waals surface area contributed by atoms with Crippen molar-refractivity contribution in [3.8, 4) is 0 Å². The number of carbonyl (C=O) groups excluding carboxylic acids is 3. The molecule has 1 aromatic rings. The molecule has 4 atom stereocenters. The molecule has 2 aliphatic heterocycles. The summed E-state index contributed by atoms with van der Waals surface area (Å²) in [6, 6.07) is 6.06. The molecule has 2 fully saturated rings. The molecule has 0 aromatic heterocycles. The molecule has 0 unspecified atom stereocenters. The first kappa shape index (κ1) is 34.2. The van der Waals surface area contributed by atoms with Gasteiger partial charge in [0.15, 0.2) is 0 Å². The van der Waals surface area contributed by atoms with Gasteiger partial charge in [0.25, 0.3) is 0 Å². The van der Waals surface area contributed by atoms with Crippen LogP contribution in [0.2, 0.25) is 0 Å². The lowest BCUT2D eigenvalue weighted by Gasteiger charge is -2.31. The third kappa shape index (κ3) is 6.56. The van der Waals surface area contributed by atoms with E-state index in [0.717, 1.165) is 10.5 Å². The largest absolute Gasteiger partial charge is 0.490 e. The number of nitrogens with one attached hydrogen (secondary N) is 1. The number of carboxylic acid groups (broad SMARTS) is 1. The zero-order valence-corrected chi connectivity index (χ0v) is 24.7. The number of carboxylic acids is 1. The van der Waals surface area contributed by atoms with Gasteiger partial charge in [-0.25, -0.2) is 13.2 Å². The van der Waals surface area contributed by atoms with Crippen molar-refractivity contribution in [3.63, 3.8) is 0 Å². The van der Waals surface area contributed by atoms with E-state index in [1.807, 2.05) is 0 Å². The number of fused-ring (bicyclic) bond motifs is 1. The van der Waals surface area contributed by atoms with E-state index in [1.165, 1.54) is 18.5 Å². The third-order valence-corrected chi connectivity index (χ3v) is 9.39. The highest BCUT2D eigenvalue weighted by Gasteiger charge is 2.67. The number of nitrogens with zero attached hydrogens (tertiary/aromatic N) is 2. The Balaban J connectivity index is 0.000000745. The minimum absolute atomic E-state index is 0.0629. The van der Waals surface area contributed by atoms with E-state index < -0.39 is 63.4 Å². The third-order valence-electron chi connectivity index (χ3n) is 7.44. The molecule has 1 aromatic carbocycles. The topological polar surface area (TPSA) is 150 Å². The maximum atomic E-state index is 13.5. The van der Waals surface area contributed by atoms with Crippen LogP contribution in [0.4, 0.5) is 13.2 Å². The number of rotatable bonds is 7. The lowest BCUT2D eigenvalue weighted by molar-refractivity contribution is -0.192. The number of ether oxygens (including phenoxy) is 1. The van der Waals surface area contributed by atoms with Crippen molar-refractivity contribution in [2.45, 2.75) is 69.1 Å². The number of carbonyl (C=O) groups is 4. The van der Waals surface area contributed by atoms with Crippen LogP contribution < -0.4 is 5.32 Å². The van der Waals surface area contributed by atoms with Crippen LogP contribution in [0.1, 0.15) is 46.6 Å². The number of likely N-dealkylation sites (N-methyl/N-ethyl adjacent to an activating group) is 1. The first-order chi connectivity index (χ1) is 18.7. The number of likely N-dealkylation sites (tertiary alicyclic amines) is 1. The van der Waals surface area contributed by atoms with Gasteiger partial charge in [0.05, 0.1) is 23.8 Å². The molecule has 15 heteroatoms. The van der Waals surface area contributed by atoms with Gasteiger partial charge in [-0.2, -0.15) is 17.5 Å². The van der Waals surface area contributed by atoms with E-state index in [1.54, 1.807) is 38.1 Å². The van der Waals surface area contributed by atoms with Crippen molar-refractivity contribution in [2.75, 3.05) is 27.2 Å². The van der Waals surface area contributed by atoms with Crippen molar-refractivity contribution >= 4 is 33.8 Å². The Hall–Kier alpha value is -3.04. The molecule has 0 saturated carbocycles. The summed E-state index contributed by atoms with van der Waals surface area (Å²) in [5.74, 6) is -6.07. The zero-order valence-electron chi connectivity index (χ0n) is 23.9. The standard InChI is InChI=1S/C24H35N3O6S.C2HF3O2/c1-8-24(22(30)33-7)19-18(20(28)26(6)21(19)29)17(25-24)14-27(9-2)34(31,32)16-12-10-15(11-13-16)23(3,4)5;3-2(4,5)1(6)7/h10-13,17-19,25H,8-9,14H2,1-7H3;(H,6,7)/t17-,18+,19-,24-;/m1./s1. The Kier molecular flexibility index (Phi) is 10.0. The number of esters is 1. The second kappa shape index (κ2) is 12.1. The highest BCUT2D eigenvalue weighted by atomic mass is 32.2. The second-order valence-corrected chi connectivity index (χ2v) is 12.8. The Labute approximate surface area is 237 Å². The second-order valence-electron chi connectivity index (χ2n) is 10.8. The summed E-state index contributed by atoms with van der Waals surface area (Å²) in [7, 11) is -1.25. The quantitative estimate of drug-likeness (QED) is 0.351. The van der Waals surface area contributed by atoms with Gasteiger partial charge in [-0.1, -0.05) is 46.8 Å². The van der Waals surface area contributed by atoms with E-state index >= 15 is 0 Å². The van der Waals surface area contributed by atoms with Crippen LogP contribution in [0.3, 0.4) is 0 Å². The van der Waals surface area contributed by atoms with Crippen LogP contribution in [0.25, 0.3) is 0 Å². The molecule has 2 N–H and O–H groups in total. The summed E-state index contributed by atoms with van der Waals surface area (Å²) >= 11 is 0. The highest BCUT2D eigenvalue weighted by molar-refractivity contribution is 7.89. The molecule has 0 spiro atoms. The molecule has 0 bridgehead atoms. The molecule has 41 heavy (non-hydrogen) atoms. The number of methoxy groups -OCH3 is 1. The maximum Gasteiger partial charge on any atom is 0.490 e. The summed E-state index contributed by atoms with van der Waals surface area (Å²) in [6.07, 6.45) is -4.86. The SMILES string of the molecule is CCN(C[C@H]1N[C@@](CC)(C(=O)OC)[C@H]2C(=O)N(C)C(=O)[C@@H]12)S(=O)(=O)c1ccc(C(C)(C)C)cc1.O=C(O)C(F)(F)F. The Morgan fingerprint density at radius 1 is 1.10 bits per heavy atom. The van der Waals surface area contributed by atoms with Gasteiger partial charge in [-0.05, 0) is 29.5 Å². The minimum Gasteiger partial charge on any atom is -0.475 e. The fourth-order valence-corrected chi connectivity index (χ4v) is 6.63. The molecule has 230 valence electrons. The molecule has 11 nitrogen and oxygen atoms in total. The van der Waals surface area contributed by atoms with Gasteiger partial charge < -0.3 is 9.84 Å². The van der Waals surface area contributed by atoms with Crippen LogP contribution in [-0.2, 0) is 39.4 Å². The predicted molar refractivity (Wildman–Crippen MR) is 140 cm³/mol. The van der Waals surface area contributed by atoms with Crippen molar-refractivity contribution in [1.82, 2.24) is 14.5 Å². The summed E-state index contributed by atoms with van der Waals surface area (Å²) in [4.78, 5) is 48.8. The van der Waals surface area contributed by atoms with E-state index in [9.17, 15) is 36.0 Å². The van der Waals surface area contributed by atoms with Crippen LogP contribution in [0.5, 0.6) is 0 Å². The summed E-state index contributed by atoms with van der Waals surface area (Å²) < 4.78 is 65.0. The molecule has 2 amide bonds. The predicted octanol–water partition coefficient (Wildman–Crippen LogP) is 2.15. The molecule has 2 saturated heterocycles. The number of hydrogen-bond donors (Lipinski definition) is 2. The summed E-state index contributed by atoms with van der Waals surface area (Å²) in [6.45, 7) is 9.71. The van der Waals surface area contributed by atoms with Gasteiger partial charge in [0.1, 0.15) is 5.54 Å². The van der Waals surface area contributed by atoms with E-state index in [4.69, 9.17) is 14.6 Å². The van der Waals surface area contributed by atoms with Gasteiger partial charge >= 0.3 is 18.1 Å². The van der Waals surface area contributed by atoms with Crippen LogP contribution in [0, 0.1) is 11.8 Å². The van der Waals surface area contributed by atoms with Crippen LogP contribution in [0.15, 0.2) is 29.2 Å². The van der Waals surface area contributed by atoms with Crippen LogP contribution in [-0.4, -0.2) is 91.5 Å². The normalized spacial score (nSPS) is 24.7. The maximum absolute atomic E-state index is 13.5. The fraction of sp³-hybridized carbons (Fsp3) is 0.615. The number of halogens is 3. The van der Waals surface area contributed by atoms with Crippen molar-refractivity contribution in [2.24, 2.45) is 11.8 Å². The molecule has 0 radical (unpaired) electrons. The zero-order chi connectivity index (χ0) is 31.7. The van der Waals surface area contributed by atoms with Gasteiger partial charge in [0.2, 0.25) is 21.8 Å². The molecular formula is C26H36F3N3O8S. The molecule has 0 aliphatic carbocycles. The number of alkyl halides is 3. The molecular weight excluding hydrogens is 571 g/mol. The molecule has 3 rings (SSSR count). The van der Waals surface area contributed by atoms with Gasteiger partial charge in [-0.15, -0.1) is 0 Å². The van der Waals surface area contributed by atoms with Gasteiger partial charge in [0, 0.05) is 26.2 Å². The number of sulfonamides is 1. The first-order valence-corrected chi connectivity index (χ1v) is 14.2. The van der Waals surface area contributed by atoms with Crippen molar-refractivity contribution in [3.05, 3.63) is 29.8 Å². The average Bonchev–Trinajstić information content (AvgIpc) is 3.34. The summed E-state index contributed by atoms with van der Waals surface area (Å²) in [5, 5.41) is 10.3. The molecule has 2 heterocycles. The Morgan fingerprint density at radius 3 is 2.00 bits per heavy atom. The van der Waals surface area contributed by atoms with E-state index in [0.29, 0.717) is 0 Å². The smallest absolute Gasteiger partial charge is 0.475 e. The number of amides is 2. The lowest BCUT2D eigenvalue weighted by atomic mass is 9.78. The Morgan fingerprint density at radius 2 is 1.61 bits per heavy atom. The van der Waals surface area contributed by atoms with E-state index in [2.05, 4.69) is 26.1 Å². The van der Waals surface area contributed by atoms with E-state index in [-0.39, 0.29) is 29.8 Å².